The SMILES string of the molecule is COCCn1c(SCC(=O)Nc2ccc3[nH]c(=O)[nH]c3c2)nnc1-c1ccc(Cl)cc1. The molecule has 4 aromatic rings. The van der Waals surface area contributed by atoms with Crippen LogP contribution in [-0.2, 0) is 16.1 Å². The number of nitrogens with zero attached hydrogens (tertiary/aromatic N) is 3. The van der Waals surface area contributed by atoms with Crippen molar-refractivity contribution >= 4 is 46.0 Å². The van der Waals surface area contributed by atoms with Crippen LogP contribution in [0.15, 0.2) is 52.4 Å². The lowest BCUT2D eigenvalue weighted by Gasteiger charge is -2.10. The lowest BCUT2D eigenvalue weighted by atomic mass is 10.2. The van der Waals surface area contributed by atoms with Crippen LogP contribution < -0.4 is 11.0 Å². The molecule has 0 unspecified atom stereocenters. The Kier molecular flexibility index (Phi) is 6.40. The molecule has 0 saturated heterocycles. The van der Waals surface area contributed by atoms with Crippen molar-refractivity contribution in [3.8, 4) is 11.4 Å². The third kappa shape index (κ3) is 4.98. The molecule has 9 nitrogen and oxygen atoms in total. The first kappa shape index (κ1) is 21.2. The van der Waals surface area contributed by atoms with E-state index in [0.717, 1.165) is 5.56 Å². The number of aromatic nitrogens is 5. The molecule has 160 valence electrons. The van der Waals surface area contributed by atoms with Crippen LogP contribution in [0, 0.1) is 0 Å². The summed E-state index contributed by atoms with van der Waals surface area (Å²) in [5.74, 6) is 0.628. The molecule has 0 aliphatic heterocycles. The standard InChI is InChI=1S/C20H19ClN6O3S/c1-30-9-8-27-18(12-2-4-13(21)5-3-12)25-26-20(27)31-11-17(28)22-14-6-7-15-16(10-14)24-19(29)23-15/h2-7,10H,8-9,11H2,1H3,(H,22,28)(H2,23,24,29). The zero-order valence-corrected chi connectivity index (χ0v) is 18.1. The Balaban J connectivity index is 1.46. The van der Waals surface area contributed by atoms with Crippen molar-refractivity contribution < 1.29 is 9.53 Å². The Hall–Kier alpha value is -3.08. The molecule has 2 aromatic carbocycles. The Bertz CT molecular complexity index is 1260. The van der Waals surface area contributed by atoms with Crippen molar-refractivity contribution in [2.24, 2.45) is 0 Å². The number of benzene rings is 2. The van der Waals surface area contributed by atoms with Gasteiger partial charge in [-0.3, -0.25) is 9.36 Å². The third-order valence-corrected chi connectivity index (χ3v) is 5.69. The Labute approximate surface area is 186 Å². The molecular formula is C20H19ClN6O3S. The number of hydrogen-bond acceptors (Lipinski definition) is 6. The molecule has 0 aliphatic carbocycles. The summed E-state index contributed by atoms with van der Waals surface area (Å²) in [4.78, 5) is 29.2. The Morgan fingerprint density at radius 2 is 1.94 bits per heavy atom. The van der Waals surface area contributed by atoms with E-state index in [1.165, 1.54) is 11.8 Å². The molecule has 31 heavy (non-hydrogen) atoms. The maximum Gasteiger partial charge on any atom is 0.323 e. The molecule has 0 radical (unpaired) electrons. The second-order valence-electron chi connectivity index (χ2n) is 6.63. The van der Waals surface area contributed by atoms with Gasteiger partial charge in [0.05, 0.1) is 29.9 Å². The zero-order chi connectivity index (χ0) is 21.8. The number of imidazole rings is 1. The maximum absolute atomic E-state index is 12.5. The molecule has 0 bridgehead atoms. The molecule has 11 heteroatoms. The fourth-order valence-corrected chi connectivity index (χ4v) is 3.92. The number of halogens is 1. The number of hydrogen-bond donors (Lipinski definition) is 3. The number of nitrogens with one attached hydrogen (secondary N) is 3. The molecule has 0 fully saturated rings. The summed E-state index contributed by atoms with van der Waals surface area (Å²) in [6, 6.07) is 12.5. The quantitative estimate of drug-likeness (QED) is 0.349. The number of H-pyrrole nitrogens is 2. The number of carbonyl (C=O) groups excluding carboxylic acids is 1. The second-order valence-corrected chi connectivity index (χ2v) is 8.01. The van der Waals surface area contributed by atoms with Gasteiger partial charge in [-0.15, -0.1) is 10.2 Å². The van der Waals surface area contributed by atoms with E-state index in [9.17, 15) is 9.59 Å². The van der Waals surface area contributed by atoms with Crippen LogP contribution in [0.25, 0.3) is 22.4 Å². The van der Waals surface area contributed by atoms with Gasteiger partial charge in [-0.1, -0.05) is 23.4 Å². The maximum atomic E-state index is 12.5. The molecule has 2 heterocycles. The van der Waals surface area contributed by atoms with E-state index in [0.29, 0.717) is 45.9 Å². The monoisotopic (exact) mass is 458 g/mol. The van der Waals surface area contributed by atoms with Crippen LogP contribution in [0.4, 0.5) is 5.69 Å². The largest absolute Gasteiger partial charge is 0.383 e. The van der Waals surface area contributed by atoms with Crippen LogP contribution in [0.2, 0.25) is 5.02 Å². The van der Waals surface area contributed by atoms with Crippen molar-refractivity contribution in [3.05, 3.63) is 58.0 Å². The number of amides is 1. The van der Waals surface area contributed by atoms with Crippen LogP contribution in [0.1, 0.15) is 0 Å². The second kappa shape index (κ2) is 9.38. The number of rotatable bonds is 8. The van der Waals surface area contributed by atoms with Crippen molar-refractivity contribution in [2.45, 2.75) is 11.7 Å². The first-order valence-electron chi connectivity index (χ1n) is 9.36. The Morgan fingerprint density at radius 3 is 2.71 bits per heavy atom. The van der Waals surface area contributed by atoms with Crippen LogP contribution in [0.5, 0.6) is 0 Å². The number of methoxy groups -OCH3 is 1. The first-order valence-corrected chi connectivity index (χ1v) is 10.7. The van der Waals surface area contributed by atoms with E-state index in [4.69, 9.17) is 16.3 Å². The smallest absolute Gasteiger partial charge is 0.323 e. The highest BCUT2D eigenvalue weighted by atomic mass is 35.5. The minimum absolute atomic E-state index is 0.146. The summed E-state index contributed by atoms with van der Waals surface area (Å²) in [6.45, 7) is 1.02. The molecule has 3 N–H and O–H groups in total. The number of carbonyl (C=O) groups is 1. The molecule has 0 spiro atoms. The van der Waals surface area contributed by atoms with Crippen LogP contribution in [-0.4, -0.2) is 50.1 Å². The van der Waals surface area contributed by atoms with E-state index in [1.807, 2.05) is 16.7 Å². The van der Waals surface area contributed by atoms with Gasteiger partial charge in [-0.25, -0.2) is 4.79 Å². The normalized spacial score (nSPS) is 11.2. The third-order valence-electron chi connectivity index (χ3n) is 4.47. The van der Waals surface area contributed by atoms with E-state index >= 15 is 0 Å². The molecular weight excluding hydrogens is 440 g/mol. The van der Waals surface area contributed by atoms with Gasteiger partial charge >= 0.3 is 5.69 Å². The highest BCUT2D eigenvalue weighted by molar-refractivity contribution is 7.99. The average Bonchev–Trinajstić information content (AvgIpc) is 3.33. The fourth-order valence-electron chi connectivity index (χ4n) is 3.03. The van der Waals surface area contributed by atoms with E-state index in [2.05, 4.69) is 25.5 Å². The molecule has 0 aliphatic rings. The van der Waals surface area contributed by atoms with E-state index in [-0.39, 0.29) is 17.3 Å². The first-order chi connectivity index (χ1) is 15.0. The van der Waals surface area contributed by atoms with Crippen molar-refractivity contribution in [1.29, 1.82) is 0 Å². The van der Waals surface area contributed by atoms with Gasteiger partial charge < -0.3 is 20.0 Å². The fraction of sp³-hybridized carbons (Fsp3) is 0.200. The van der Waals surface area contributed by atoms with Gasteiger partial charge in [0.1, 0.15) is 0 Å². The van der Waals surface area contributed by atoms with Gasteiger partial charge in [0, 0.05) is 23.4 Å². The minimum Gasteiger partial charge on any atom is -0.383 e. The van der Waals surface area contributed by atoms with Crippen molar-refractivity contribution in [1.82, 2.24) is 24.7 Å². The number of aromatic amines is 2. The minimum atomic E-state index is -0.291. The summed E-state index contributed by atoms with van der Waals surface area (Å²) in [6.07, 6.45) is 0. The Morgan fingerprint density at radius 1 is 1.16 bits per heavy atom. The zero-order valence-electron chi connectivity index (χ0n) is 16.5. The van der Waals surface area contributed by atoms with Crippen LogP contribution in [0.3, 0.4) is 0 Å². The van der Waals surface area contributed by atoms with E-state index in [1.54, 1.807) is 37.4 Å². The molecule has 2 aromatic heterocycles. The highest BCUT2D eigenvalue weighted by Gasteiger charge is 2.16. The van der Waals surface area contributed by atoms with Crippen molar-refractivity contribution in [3.63, 3.8) is 0 Å². The van der Waals surface area contributed by atoms with Gasteiger partial charge in [-0.05, 0) is 42.5 Å². The molecule has 0 saturated carbocycles. The van der Waals surface area contributed by atoms with E-state index < -0.39 is 0 Å². The molecule has 1 amide bonds. The number of ether oxygens (including phenoxy) is 1. The number of thioether (sulfide) groups is 1. The lowest BCUT2D eigenvalue weighted by molar-refractivity contribution is -0.113. The molecule has 0 atom stereocenters. The predicted molar refractivity (Wildman–Crippen MR) is 121 cm³/mol. The summed E-state index contributed by atoms with van der Waals surface area (Å²) < 4.78 is 7.13. The average molecular weight is 459 g/mol. The predicted octanol–water partition coefficient (Wildman–Crippen LogP) is 3.15. The summed E-state index contributed by atoms with van der Waals surface area (Å²) >= 11 is 7.26. The van der Waals surface area contributed by atoms with Crippen LogP contribution >= 0.6 is 23.4 Å². The lowest BCUT2D eigenvalue weighted by Crippen LogP contribution is -2.15. The number of anilines is 1. The van der Waals surface area contributed by atoms with Crippen molar-refractivity contribution in [2.75, 3.05) is 24.8 Å². The molecule has 4 rings (SSSR count). The van der Waals surface area contributed by atoms with Gasteiger partial charge in [0.25, 0.3) is 0 Å². The van der Waals surface area contributed by atoms with Gasteiger partial charge in [-0.2, -0.15) is 0 Å². The summed E-state index contributed by atoms with van der Waals surface area (Å²) in [5.41, 5.74) is 2.48. The summed E-state index contributed by atoms with van der Waals surface area (Å²) in [5, 5.41) is 12.6. The number of fused-ring (bicyclic) bond motifs is 1. The highest BCUT2D eigenvalue weighted by Crippen LogP contribution is 2.25. The topological polar surface area (TPSA) is 118 Å². The van der Waals surface area contributed by atoms with Gasteiger partial charge in [0.15, 0.2) is 11.0 Å². The van der Waals surface area contributed by atoms with Gasteiger partial charge in [0.2, 0.25) is 5.91 Å². The summed E-state index contributed by atoms with van der Waals surface area (Å²) in [7, 11) is 1.63.